The molecule has 1 unspecified atom stereocenters. The van der Waals surface area contributed by atoms with Gasteiger partial charge in [0.05, 0.1) is 11.0 Å². The molecule has 1 N–H and O–H groups in total. The number of fused-ring (bicyclic) bond motifs is 13. The maximum atomic E-state index is 13.3. The summed E-state index contributed by atoms with van der Waals surface area (Å²) >= 11 is 0. The first-order valence-corrected chi connectivity index (χ1v) is 11.8. The zero-order chi connectivity index (χ0) is 21.4. The molecule has 1 aliphatic heterocycles. The van der Waals surface area contributed by atoms with Gasteiger partial charge in [-0.15, -0.1) is 0 Å². The molecular formula is C28H24N2O2. The molecule has 8 rings (SSSR count). The highest BCUT2D eigenvalue weighted by atomic mass is 16.3. The van der Waals surface area contributed by atoms with Crippen LogP contribution in [-0.4, -0.2) is 26.6 Å². The third-order valence-electron chi connectivity index (χ3n) is 8.93. The number of para-hydroxylation sites is 2. The topological polar surface area (TPSA) is 47.2 Å². The van der Waals surface area contributed by atoms with E-state index in [1.807, 2.05) is 0 Å². The number of rotatable bonds is 1. The Morgan fingerprint density at radius 1 is 0.969 bits per heavy atom. The Labute approximate surface area is 185 Å². The van der Waals surface area contributed by atoms with E-state index < -0.39 is 0 Å². The van der Waals surface area contributed by atoms with Crippen molar-refractivity contribution in [3.05, 3.63) is 59.7 Å². The van der Waals surface area contributed by atoms with E-state index in [0.717, 1.165) is 30.2 Å². The number of nitrogens with zero attached hydrogens (tertiary/aromatic N) is 2. The Morgan fingerprint density at radius 3 is 2.47 bits per heavy atom. The van der Waals surface area contributed by atoms with E-state index in [9.17, 15) is 9.90 Å². The summed E-state index contributed by atoms with van der Waals surface area (Å²) in [6.07, 6.45) is 3.37. The maximum absolute atomic E-state index is 13.3. The maximum Gasteiger partial charge on any atom is 0.164 e. The van der Waals surface area contributed by atoms with Crippen LogP contribution in [0.2, 0.25) is 0 Å². The predicted octanol–water partition coefficient (Wildman–Crippen LogP) is 5.70. The average molecular weight is 421 g/mol. The molecule has 2 aromatic heterocycles. The van der Waals surface area contributed by atoms with Gasteiger partial charge in [0.25, 0.3) is 0 Å². The predicted molar refractivity (Wildman–Crippen MR) is 128 cm³/mol. The molecule has 2 aliphatic carbocycles. The summed E-state index contributed by atoms with van der Waals surface area (Å²) < 4.78 is 5.10. The van der Waals surface area contributed by atoms with Crippen LogP contribution in [-0.2, 0) is 12.0 Å². The van der Waals surface area contributed by atoms with E-state index >= 15 is 0 Å². The number of aliphatic hydroxyl groups is 1. The van der Waals surface area contributed by atoms with Crippen molar-refractivity contribution >= 4 is 49.4 Å². The number of hydrogen-bond acceptors (Lipinski definition) is 2. The van der Waals surface area contributed by atoms with Crippen LogP contribution in [0.25, 0.3) is 43.6 Å². The fraction of sp³-hybridized carbons (Fsp3) is 0.321. The molecule has 0 radical (unpaired) electrons. The van der Waals surface area contributed by atoms with Crippen molar-refractivity contribution in [1.29, 1.82) is 0 Å². The third kappa shape index (κ3) is 1.70. The van der Waals surface area contributed by atoms with Gasteiger partial charge < -0.3 is 14.2 Å². The summed E-state index contributed by atoms with van der Waals surface area (Å²) in [6.45, 7) is 2.54. The van der Waals surface area contributed by atoms with E-state index in [-0.39, 0.29) is 23.8 Å². The molecule has 32 heavy (non-hydrogen) atoms. The molecule has 0 amide bonds. The van der Waals surface area contributed by atoms with Crippen LogP contribution >= 0.6 is 0 Å². The van der Waals surface area contributed by atoms with Crippen LogP contribution in [0.3, 0.4) is 0 Å². The lowest BCUT2D eigenvalue weighted by Crippen LogP contribution is -2.35. The van der Waals surface area contributed by atoms with Crippen LogP contribution in [0, 0.1) is 5.92 Å². The number of aryl methyl sites for hydroxylation is 1. The Kier molecular flexibility index (Phi) is 2.97. The van der Waals surface area contributed by atoms with Crippen LogP contribution < -0.4 is 0 Å². The van der Waals surface area contributed by atoms with Crippen LogP contribution in [0.4, 0.5) is 0 Å². The molecule has 5 aromatic rings. The zero-order valence-electron chi connectivity index (χ0n) is 18.1. The number of ketones is 1. The Balaban J connectivity index is 1.78. The van der Waals surface area contributed by atoms with Crippen molar-refractivity contribution in [1.82, 2.24) is 9.13 Å². The molecule has 0 spiro atoms. The number of aromatic nitrogens is 2. The molecule has 2 bridgehead atoms. The van der Waals surface area contributed by atoms with Crippen LogP contribution in [0.5, 0.6) is 0 Å². The van der Waals surface area contributed by atoms with Gasteiger partial charge in [0, 0.05) is 68.7 Å². The number of Topliss-reactive ketones (excluding diaryl/α,β-unsaturated/α-hetero) is 1. The van der Waals surface area contributed by atoms with E-state index in [0.29, 0.717) is 12.5 Å². The van der Waals surface area contributed by atoms with Gasteiger partial charge >= 0.3 is 0 Å². The number of carbonyl (C=O) groups is 1. The summed E-state index contributed by atoms with van der Waals surface area (Å²) in [5, 5.41) is 15.3. The largest absolute Gasteiger partial charge is 0.396 e. The molecule has 3 heterocycles. The van der Waals surface area contributed by atoms with Gasteiger partial charge in [-0.2, -0.15) is 0 Å². The average Bonchev–Trinajstić information content (AvgIpc) is 3.51. The lowest BCUT2D eigenvalue weighted by Gasteiger charge is -2.34. The number of benzene rings is 3. The number of hydrogen-bond donors (Lipinski definition) is 1. The van der Waals surface area contributed by atoms with Gasteiger partial charge in [0.15, 0.2) is 5.78 Å². The van der Waals surface area contributed by atoms with Gasteiger partial charge in [-0.1, -0.05) is 36.4 Å². The smallest absolute Gasteiger partial charge is 0.164 e. The third-order valence-corrected chi connectivity index (χ3v) is 8.93. The van der Waals surface area contributed by atoms with Crippen molar-refractivity contribution in [2.45, 2.75) is 44.2 Å². The number of carbonyl (C=O) groups excluding carboxylic acids is 1. The SMILES string of the molecule is C[C@]12CC(C[C@@H]1CO)n1c3ccccc3c3c4c(c5c6ccccc6n2c5c31)CCC4=O. The standard InChI is InChI=1S/C28H24N2O2/c1-28-13-16(12-15(28)14-31)29-20-8-4-2-6-17(20)25-24-19(10-11-22(24)32)23-18-7-3-5-9-21(18)30(28)27(23)26(25)29/h2-9,15-16,31H,10-14H2,1H3/t15-,16?,28+/m1/s1. The van der Waals surface area contributed by atoms with E-state index in [4.69, 9.17) is 0 Å². The minimum atomic E-state index is -0.162. The van der Waals surface area contributed by atoms with Crippen molar-refractivity contribution in [2.24, 2.45) is 5.92 Å². The lowest BCUT2D eigenvalue weighted by atomic mass is 9.88. The van der Waals surface area contributed by atoms with Crippen LogP contribution in [0.1, 0.15) is 48.1 Å². The fourth-order valence-electron chi connectivity index (χ4n) is 7.68. The zero-order valence-corrected chi connectivity index (χ0v) is 18.1. The Hall–Kier alpha value is -3.11. The van der Waals surface area contributed by atoms with Gasteiger partial charge in [-0.05, 0) is 43.9 Å². The second kappa shape index (κ2) is 5.44. The molecule has 4 nitrogen and oxygen atoms in total. The second-order valence-electron chi connectivity index (χ2n) is 10.3. The van der Waals surface area contributed by atoms with Crippen LogP contribution in [0.15, 0.2) is 48.5 Å². The molecular weight excluding hydrogens is 396 g/mol. The quantitative estimate of drug-likeness (QED) is 0.378. The first-order valence-electron chi connectivity index (χ1n) is 11.8. The van der Waals surface area contributed by atoms with E-state index in [2.05, 4.69) is 64.6 Å². The monoisotopic (exact) mass is 420 g/mol. The summed E-state index contributed by atoms with van der Waals surface area (Å²) in [4.78, 5) is 13.3. The highest BCUT2D eigenvalue weighted by molar-refractivity contribution is 6.31. The molecule has 3 aromatic carbocycles. The lowest BCUT2D eigenvalue weighted by molar-refractivity contribution is 0.0996. The summed E-state index contributed by atoms with van der Waals surface area (Å²) in [5.74, 6) is 0.487. The van der Waals surface area contributed by atoms with E-state index in [1.54, 1.807) is 0 Å². The van der Waals surface area contributed by atoms with Gasteiger partial charge in [0.1, 0.15) is 0 Å². The van der Waals surface area contributed by atoms with E-state index in [1.165, 1.54) is 43.8 Å². The van der Waals surface area contributed by atoms with Gasteiger partial charge in [0.2, 0.25) is 0 Å². The molecule has 0 saturated heterocycles. The normalized spacial score (nSPS) is 26.2. The first-order chi connectivity index (χ1) is 15.6. The summed E-state index contributed by atoms with van der Waals surface area (Å²) in [6, 6.07) is 17.6. The highest BCUT2D eigenvalue weighted by Gasteiger charge is 2.50. The summed E-state index contributed by atoms with van der Waals surface area (Å²) in [7, 11) is 0. The second-order valence-corrected chi connectivity index (χ2v) is 10.3. The fourth-order valence-corrected chi connectivity index (χ4v) is 7.68. The van der Waals surface area contributed by atoms with Gasteiger partial charge in [-0.25, -0.2) is 0 Å². The minimum Gasteiger partial charge on any atom is -0.396 e. The summed E-state index contributed by atoms with van der Waals surface area (Å²) in [5.41, 5.74) is 7.00. The Bertz CT molecular complexity index is 1670. The molecule has 1 fully saturated rings. The first kappa shape index (κ1) is 17.4. The number of aliphatic hydroxyl groups excluding tert-OH is 1. The molecule has 158 valence electrons. The van der Waals surface area contributed by atoms with Crippen molar-refractivity contribution in [3.63, 3.8) is 0 Å². The minimum absolute atomic E-state index is 0.162. The van der Waals surface area contributed by atoms with Gasteiger partial charge in [-0.3, -0.25) is 4.79 Å². The Morgan fingerprint density at radius 2 is 1.69 bits per heavy atom. The molecule has 4 heteroatoms. The highest BCUT2D eigenvalue weighted by Crippen LogP contribution is 2.57. The molecule has 3 aliphatic rings. The molecule has 1 saturated carbocycles. The molecule has 3 atom stereocenters. The van der Waals surface area contributed by atoms with Crippen molar-refractivity contribution in [2.75, 3.05) is 6.61 Å². The van der Waals surface area contributed by atoms with Crippen molar-refractivity contribution in [3.8, 4) is 0 Å². The van der Waals surface area contributed by atoms with Crippen molar-refractivity contribution < 1.29 is 9.90 Å².